The maximum atomic E-state index is 12.3. The number of hydrogen-bond donors (Lipinski definition) is 1. The summed E-state index contributed by atoms with van der Waals surface area (Å²) in [7, 11) is 1.30. The van der Waals surface area contributed by atoms with Crippen LogP contribution in [0.1, 0.15) is 47.0 Å². The van der Waals surface area contributed by atoms with Crippen LogP contribution in [-0.4, -0.2) is 47.7 Å². The highest BCUT2D eigenvalue weighted by atomic mass is 16.5. The van der Waals surface area contributed by atoms with E-state index < -0.39 is 18.1 Å². The van der Waals surface area contributed by atoms with E-state index in [9.17, 15) is 14.7 Å². The van der Waals surface area contributed by atoms with Gasteiger partial charge in [-0.05, 0) is 17.8 Å². The van der Waals surface area contributed by atoms with Crippen molar-refractivity contribution < 1.29 is 19.4 Å². The Bertz CT molecular complexity index is 361. The van der Waals surface area contributed by atoms with Crippen molar-refractivity contribution in [2.45, 2.75) is 59.1 Å². The molecule has 0 bridgehead atoms. The third-order valence-corrected chi connectivity index (χ3v) is 3.56. The standard InChI is InChI=1S/C15H27NO4/c1-10(8-15(2,3)4)6-13(18)16-9-11(17)7-12(16)14(19)20-5/h10-12,17H,6-9H2,1-5H3. The molecule has 1 N–H and O–H groups in total. The lowest BCUT2D eigenvalue weighted by Gasteiger charge is -2.26. The van der Waals surface area contributed by atoms with Gasteiger partial charge in [-0.1, -0.05) is 27.7 Å². The number of hydrogen-bond acceptors (Lipinski definition) is 4. The van der Waals surface area contributed by atoms with Crippen LogP contribution in [0.5, 0.6) is 0 Å². The molecule has 0 spiro atoms. The molecule has 1 amide bonds. The molecule has 1 saturated heterocycles. The summed E-state index contributed by atoms with van der Waals surface area (Å²) in [5, 5.41) is 9.68. The van der Waals surface area contributed by atoms with Gasteiger partial charge in [0.2, 0.25) is 5.91 Å². The van der Waals surface area contributed by atoms with E-state index in [1.165, 1.54) is 12.0 Å². The monoisotopic (exact) mass is 285 g/mol. The Morgan fingerprint density at radius 1 is 1.40 bits per heavy atom. The van der Waals surface area contributed by atoms with Gasteiger partial charge in [-0.25, -0.2) is 4.79 Å². The fourth-order valence-corrected chi connectivity index (χ4v) is 2.98. The molecule has 3 unspecified atom stereocenters. The molecule has 0 aromatic heterocycles. The van der Waals surface area contributed by atoms with E-state index in [1.807, 2.05) is 6.92 Å². The number of aliphatic hydroxyl groups is 1. The lowest BCUT2D eigenvalue weighted by atomic mass is 9.84. The molecule has 0 aliphatic carbocycles. The molecular weight excluding hydrogens is 258 g/mol. The van der Waals surface area contributed by atoms with Crippen LogP contribution in [0.25, 0.3) is 0 Å². The third kappa shape index (κ3) is 4.78. The first kappa shape index (κ1) is 17.0. The van der Waals surface area contributed by atoms with E-state index in [1.54, 1.807) is 0 Å². The number of nitrogens with zero attached hydrogens (tertiary/aromatic N) is 1. The molecule has 20 heavy (non-hydrogen) atoms. The average molecular weight is 285 g/mol. The van der Waals surface area contributed by atoms with Crippen molar-refractivity contribution in [3.8, 4) is 0 Å². The maximum Gasteiger partial charge on any atom is 0.328 e. The Kier molecular flexibility index (Phi) is 5.57. The average Bonchev–Trinajstić information content (AvgIpc) is 2.67. The number of methoxy groups -OCH3 is 1. The second-order valence-electron chi connectivity index (χ2n) is 7.05. The van der Waals surface area contributed by atoms with Gasteiger partial charge in [-0.2, -0.15) is 0 Å². The molecule has 0 radical (unpaired) electrons. The molecule has 1 rings (SSSR count). The second kappa shape index (κ2) is 6.57. The Morgan fingerprint density at radius 3 is 2.50 bits per heavy atom. The molecule has 1 heterocycles. The molecule has 5 heteroatoms. The van der Waals surface area contributed by atoms with Crippen LogP contribution in [0, 0.1) is 11.3 Å². The van der Waals surface area contributed by atoms with Gasteiger partial charge in [0.05, 0.1) is 13.2 Å². The zero-order valence-corrected chi connectivity index (χ0v) is 13.2. The Balaban J connectivity index is 2.63. The van der Waals surface area contributed by atoms with Gasteiger partial charge in [-0.3, -0.25) is 4.79 Å². The summed E-state index contributed by atoms with van der Waals surface area (Å²) < 4.78 is 4.70. The molecule has 1 fully saturated rings. The van der Waals surface area contributed by atoms with Crippen LogP contribution < -0.4 is 0 Å². The number of ether oxygens (including phenoxy) is 1. The van der Waals surface area contributed by atoms with Gasteiger partial charge in [-0.15, -0.1) is 0 Å². The van der Waals surface area contributed by atoms with Gasteiger partial charge in [0.25, 0.3) is 0 Å². The van der Waals surface area contributed by atoms with E-state index in [0.29, 0.717) is 6.42 Å². The van der Waals surface area contributed by atoms with E-state index in [0.717, 1.165) is 6.42 Å². The van der Waals surface area contributed by atoms with Crippen molar-refractivity contribution in [1.82, 2.24) is 4.90 Å². The zero-order chi connectivity index (χ0) is 15.5. The Labute approximate surface area is 121 Å². The highest BCUT2D eigenvalue weighted by molar-refractivity contribution is 5.85. The maximum absolute atomic E-state index is 12.3. The molecule has 0 saturated carbocycles. The predicted octanol–water partition coefficient (Wildman–Crippen LogP) is 1.58. The molecule has 0 aromatic rings. The second-order valence-corrected chi connectivity index (χ2v) is 7.05. The Morgan fingerprint density at radius 2 is 2.00 bits per heavy atom. The molecule has 3 atom stereocenters. The number of likely N-dealkylation sites (tertiary alicyclic amines) is 1. The van der Waals surface area contributed by atoms with Crippen molar-refractivity contribution >= 4 is 11.9 Å². The van der Waals surface area contributed by atoms with Crippen LogP contribution in [0.2, 0.25) is 0 Å². The van der Waals surface area contributed by atoms with Gasteiger partial charge in [0.1, 0.15) is 6.04 Å². The number of aliphatic hydroxyl groups excluding tert-OH is 1. The van der Waals surface area contributed by atoms with Crippen LogP contribution >= 0.6 is 0 Å². The largest absolute Gasteiger partial charge is 0.467 e. The van der Waals surface area contributed by atoms with Gasteiger partial charge < -0.3 is 14.7 Å². The zero-order valence-electron chi connectivity index (χ0n) is 13.2. The summed E-state index contributed by atoms with van der Waals surface area (Å²) in [6.45, 7) is 8.70. The lowest BCUT2D eigenvalue weighted by Crippen LogP contribution is -2.41. The fraction of sp³-hybridized carbons (Fsp3) is 0.867. The van der Waals surface area contributed by atoms with Gasteiger partial charge in [0, 0.05) is 19.4 Å². The number of amides is 1. The highest BCUT2D eigenvalue weighted by Crippen LogP contribution is 2.28. The first-order valence-electron chi connectivity index (χ1n) is 7.19. The quantitative estimate of drug-likeness (QED) is 0.796. The fourth-order valence-electron chi connectivity index (χ4n) is 2.98. The van der Waals surface area contributed by atoms with Crippen molar-refractivity contribution in [1.29, 1.82) is 0 Å². The van der Waals surface area contributed by atoms with E-state index >= 15 is 0 Å². The first-order valence-corrected chi connectivity index (χ1v) is 7.19. The SMILES string of the molecule is COC(=O)C1CC(O)CN1C(=O)CC(C)CC(C)(C)C. The van der Waals surface area contributed by atoms with E-state index in [-0.39, 0.29) is 30.2 Å². The number of esters is 1. The molecule has 1 aliphatic heterocycles. The number of carbonyl (C=O) groups excluding carboxylic acids is 2. The van der Waals surface area contributed by atoms with Crippen LogP contribution in [0.15, 0.2) is 0 Å². The minimum absolute atomic E-state index is 0.0753. The number of carbonyl (C=O) groups is 2. The van der Waals surface area contributed by atoms with Crippen molar-refractivity contribution in [2.24, 2.45) is 11.3 Å². The van der Waals surface area contributed by atoms with E-state index in [2.05, 4.69) is 20.8 Å². The van der Waals surface area contributed by atoms with Crippen molar-refractivity contribution in [3.63, 3.8) is 0 Å². The predicted molar refractivity (Wildman–Crippen MR) is 76.0 cm³/mol. The minimum atomic E-state index is -0.638. The summed E-state index contributed by atoms with van der Waals surface area (Å²) in [6.07, 6.45) is 0.975. The van der Waals surface area contributed by atoms with Gasteiger partial charge >= 0.3 is 5.97 Å². The van der Waals surface area contributed by atoms with Gasteiger partial charge in [0.15, 0.2) is 0 Å². The molecule has 1 aliphatic rings. The van der Waals surface area contributed by atoms with Crippen molar-refractivity contribution in [3.05, 3.63) is 0 Å². The summed E-state index contributed by atoms with van der Waals surface area (Å²) in [4.78, 5) is 25.5. The van der Waals surface area contributed by atoms with Crippen LogP contribution in [0.4, 0.5) is 0 Å². The highest BCUT2D eigenvalue weighted by Gasteiger charge is 2.39. The van der Waals surface area contributed by atoms with Crippen LogP contribution in [0.3, 0.4) is 0 Å². The smallest absolute Gasteiger partial charge is 0.328 e. The van der Waals surface area contributed by atoms with E-state index in [4.69, 9.17) is 4.74 Å². The number of rotatable bonds is 4. The summed E-state index contributed by atoms with van der Waals surface area (Å²) in [6, 6.07) is -0.635. The minimum Gasteiger partial charge on any atom is -0.467 e. The summed E-state index contributed by atoms with van der Waals surface area (Å²) >= 11 is 0. The molecule has 116 valence electrons. The van der Waals surface area contributed by atoms with Crippen LogP contribution in [-0.2, 0) is 14.3 Å². The number of β-amino-alcohol motifs (C(OH)–C–C–N with tert-alkyl or cyclic N) is 1. The summed E-state index contributed by atoms with van der Waals surface area (Å²) in [5.41, 5.74) is 0.173. The first-order chi connectivity index (χ1) is 9.14. The summed E-state index contributed by atoms with van der Waals surface area (Å²) in [5.74, 6) is -0.273. The Hall–Kier alpha value is -1.10. The molecule has 0 aromatic carbocycles. The lowest BCUT2D eigenvalue weighted by molar-refractivity contribution is -0.151. The molecular formula is C15H27NO4. The molecule has 5 nitrogen and oxygen atoms in total. The third-order valence-electron chi connectivity index (χ3n) is 3.56. The topological polar surface area (TPSA) is 66.8 Å². The normalized spacial score (nSPS) is 24.6. The van der Waals surface area contributed by atoms with Crippen molar-refractivity contribution in [2.75, 3.05) is 13.7 Å².